The average molecular weight is 622 g/mol. The molecule has 0 aliphatic carbocycles. The van der Waals surface area contributed by atoms with Crippen molar-refractivity contribution in [1.82, 2.24) is 14.9 Å². The van der Waals surface area contributed by atoms with Crippen molar-refractivity contribution in [2.75, 3.05) is 43.9 Å². The lowest BCUT2D eigenvalue weighted by Gasteiger charge is -2.18. The topological polar surface area (TPSA) is 179 Å². The summed E-state index contributed by atoms with van der Waals surface area (Å²) in [5.41, 5.74) is 1.70. The van der Waals surface area contributed by atoms with Crippen molar-refractivity contribution in [1.29, 1.82) is 0 Å². The Morgan fingerprint density at radius 1 is 0.652 bits per heavy atom. The number of nitrogens with zero attached hydrogens (tertiary/aromatic N) is 3. The summed E-state index contributed by atoms with van der Waals surface area (Å²) in [5, 5.41) is 31.4. The highest BCUT2D eigenvalue weighted by atomic mass is 16.6. The van der Waals surface area contributed by atoms with Crippen LogP contribution in [0.3, 0.4) is 0 Å². The second-order valence-electron chi connectivity index (χ2n) is 11.1. The molecule has 234 valence electrons. The molecule has 0 bridgehead atoms. The van der Waals surface area contributed by atoms with Gasteiger partial charge in [0.25, 0.3) is 11.4 Å². The van der Waals surface area contributed by atoms with Gasteiger partial charge in [0, 0.05) is 58.4 Å². The summed E-state index contributed by atoms with van der Waals surface area (Å²) in [7, 11) is 2.00. The molecule has 0 spiro atoms. The standard InChI is InChI=1S/C33H31N7O6/c1-38(18-6-16-34-24-12-14-26(39(43)44)30-28(24)32(41)20-8-2-4-10-22(20)36-30)19-7-17-35-25-13-15-27(40(45)46)31-29(25)33(42)21-9-3-5-11-23(21)37-31/h2-5,8-15,34-35H,6-7,16-19H2,1H3,(H,36,41)(H,37,42). The van der Waals surface area contributed by atoms with E-state index in [1.807, 2.05) is 7.05 Å². The van der Waals surface area contributed by atoms with Crippen molar-refractivity contribution >= 4 is 66.4 Å². The number of fused-ring (bicyclic) bond motifs is 4. The van der Waals surface area contributed by atoms with Crippen LogP contribution in [0.2, 0.25) is 0 Å². The van der Waals surface area contributed by atoms with Crippen LogP contribution in [0.4, 0.5) is 22.7 Å². The molecule has 4 aromatic carbocycles. The number of nitro benzene ring substituents is 2. The first-order valence-corrected chi connectivity index (χ1v) is 14.8. The van der Waals surface area contributed by atoms with Crippen LogP contribution in [-0.2, 0) is 0 Å². The predicted octanol–water partition coefficient (Wildman–Crippen LogP) is 5.73. The maximum atomic E-state index is 13.3. The molecule has 0 aliphatic rings. The molecule has 0 saturated heterocycles. The molecule has 0 atom stereocenters. The van der Waals surface area contributed by atoms with Gasteiger partial charge in [0.15, 0.2) is 10.9 Å². The van der Waals surface area contributed by atoms with Gasteiger partial charge in [-0.2, -0.15) is 0 Å². The number of non-ortho nitro benzene ring substituents is 2. The molecule has 0 radical (unpaired) electrons. The van der Waals surface area contributed by atoms with Crippen LogP contribution >= 0.6 is 0 Å². The zero-order chi connectivity index (χ0) is 32.4. The molecule has 0 aliphatic heterocycles. The molecule has 2 aromatic heterocycles. The van der Waals surface area contributed by atoms with Crippen LogP contribution in [0, 0.1) is 20.2 Å². The first-order valence-electron chi connectivity index (χ1n) is 14.8. The molecule has 46 heavy (non-hydrogen) atoms. The molecular weight excluding hydrogens is 590 g/mol. The number of hydrogen-bond acceptors (Lipinski definition) is 9. The van der Waals surface area contributed by atoms with E-state index in [4.69, 9.17) is 0 Å². The number of nitrogens with one attached hydrogen (secondary N) is 4. The Labute approximate surface area is 261 Å². The maximum Gasteiger partial charge on any atom is 0.293 e. The van der Waals surface area contributed by atoms with Crippen LogP contribution in [0.25, 0.3) is 43.6 Å². The fourth-order valence-electron chi connectivity index (χ4n) is 5.88. The predicted molar refractivity (Wildman–Crippen MR) is 181 cm³/mol. The van der Waals surface area contributed by atoms with Crippen molar-refractivity contribution in [2.24, 2.45) is 0 Å². The van der Waals surface area contributed by atoms with Crippen LogP contribution in [-0.4, -0.2) is 57.9 Å². The Kier molecular flexibility index (Phi) is 8.31. The zero-order valence-corrected chi connectivity index (χ0v) is 25.0. The molecule has 13 nitrogen and oxygen atoms in total. The number of benzene rings is 4. The Bertz CT molecular complexity index is 2100. The van der Waals surface area contributed by atoms with E-state index in [-0.39, 0.29) is 44.0 Å². The van der Waals surface area contributed by atoms with E-state index in [2.05, 4.69) is 25.5 Å². The molecule has 6 rings (SSSR count). The van der Waals surface area contributed by atoms with Crippen LogP contribution in [0.15, 0.2) is 82.4 Å². The van der Waals surface area contributed by atoms with Crippen LogP contribution < -0.4 is 21.5 Å². The number of pyridine rings is 2. The molecule has 4 N–H and O–H groups in total. The third-order valence-corrected chi connectivity index (χ3v) is 8.14. The minimum absolute atomic E-state index is 0.156. The van der Waals surface area contributed by atoms with Crippen molar-refractivity contribution in [2.45, 2.75) is 12.8 Å². The number of para-hydroxylation sites is 2. The Morgan fingerprint density at radius 2 is 1.07 bits per heavy atom. The first kappa shape index (κ1) is 30.2. The van der Waals surface area contributed by atoms with Gasteiger partial charge < -0.3 is 25.5 Å². The number of aromatic amines is 2. The van der Waals surface area contributed by atoms with Crippen molar-refractivity contribution in [3.63, 3.8) is 0 Å². The van der Waals surface area contributed by atoms with Crippen molar-refractivity contribution < 1.29 is 9.85 Å². The lowest BCUT2D eigenvalue weighted by atomic mass is 10.1. The largest absolute Gasteiger partial charge is 0.384 e. The molecule has 0 fully saturated rings. The van der Waals surface area contributed by atoms with Gasteiger partial charge in [-0.15, -0.1) is 0 Å². The molecule has 13 heteroatoms. The number of anilines is 2. The number of aromatic nitrogens is 2. The van der Waals surface area contributed by atoms with E-state index >= 15 is 0 Å². The van der Waals surface area contributed by atoms with E-state index in [9.17, 15) is 29.8 Å². The smallest absolute Gasteiger partial charge is 0.293 e. The van der Waals surface area contributed by atoms with Gasteiger partial charge in [-0.1, -0.05) is 24.3 Å². The summed E-state index contributed by atoms with van der Waals surface area (Å²) >= 11 is 0. The highest BCUT2D eigenvalue weighted by Gasteiger charge is 2.20. The van der Waals surface area contributed by atoms with Crippen molar-refractivity contribution in [3.8, 4) is 0 Å². The number of hydrogen-bond donors (Lipinski definition) is 4. The second kappa shape index (κ2) is 12.7. The Morgan fingerprint density at radius 3 is 1.48 bits per heavy atom. The SMILES string of the molecule is CN(CCCNc1ccc([N+](=O)[O-])c2[nH]c3ccccc3c(=O)c12)CCCNc1ccc([N+](=O)[O-])c2[nH]c3ccccc3c(=O)c12. The molecule has 6 aromatic rings. The van der Waals surface area contributed by atoms with Crippen LogP contribution in [0.1, 0.15) is 12.8 Å². The zero-order valence-electron chi connectivity index (χ0n) is 25.0. The molecule has 0 saturated carbocycles. The average Bonchev–Trinajstić information content (AvgIpc) is 3.04. The number of rotatable bonds is 12. The summed E-state index contributed by atoms with van der Waals surface area (Å²) in [6.45, 7) is 2.60. The summed E-state index contributed by atoms with van der Waals surface area (Å²) in [6.07, 6.45) is 1.51. The van der Waals surface area contributed by atoms with Gasteiger partial charge in [-0.3, -0.25) is 29.8 Å². The van der Waals surface area contributed by atoms with Gasteiger partial charge in [-0.25, -0.2) is 0 Å². The Hall–Kier alpha value is -5.82. The van der Waals surface area contributed by atoms with Gasteiger partial charge in [0.05, 0.1) is 20.6 Å². The van der Waals surface area contributed by atoms with Crippen LogP contribution in [0.5, 0.6) is 0 Å². The van der Waals surface area contributed by atoms with E-state index < -0.39 is 9.85 Å². The monoisotopic (exact) mass is 621 g/mol. The normalized spacial score (nSPS) is 11.5. The fraction of sp³-hybridized carbons (Fsp3) is 0.212. The first-order chi connectivity index (χ1) is 22.2. The summed E-state index contributed by atoms with van der Waals surface area (Å²) in [5.74, 6) is 0. The lowest BCUT2D eigenvalue weighted by molar-refractivity contribution is -0.383. The van der Waals surface area contributed by atoms with Gasteiger partial charge in [0.2, 0.25) is 0 Å². The Balaban J connectivity index is 1.07. The highest BCUT2D eigenvalue weighted by molar-refractivity contribution is 6.04. The molecule has 0 amide bonds. The quantitative estimate of drug-likeness (QED) is 0.0575. The van der Waals surface area contributed by atoms with E-state index in [0.29, 0.717) is 46.3 Å². The second-order valence-corrected chi connectivity index (χ2v) is 11.1. The maximum absolute atomic E-state index is 13.3. The van der Waals surface area contributed by atoms with Gasteiger partial charge in [-0.05, 0) is 69.4 Å². The van der Waals surface area contributed by atoms with Crippen molar-refractivity contribution in [3.05, 3.63) is 113 Å². The third kappa shape index (κ3) is 5.71. The van der Waals surface area contributed by atoms with E-state index in [0.717, 1.165) is 25.9 Å². The highest BCUT2D eigenvalue weighted by Crippen LogP contribution is 2.31. The number of nitro groups is 2. The molecule has 0 unspecified atom stereocenters. The number of H-pyrrole nitrogens is 2. The van der Waals surface area contributed by atoms with Gasteiger partial charge >= 0.3 is 0 Å². The summed E-state index contributed by atoms with van der Waals surface area (Å²) in [6, 6.07) is 19.9. The molecular formula is C33H31N7O6. The minimum Gasteiger partial charge on any atom is -0.384 e. The molecule has 2 heterocycles. The van der Waals surface area contributed by atoms with E-state index in [1.54, 1.807) is 60.7 Å². The van der Waals surface area contributed by atoms with Gasteiger partial charge in [0.1, 0.15) is 11.0 Å². The summed E-state index contributed by atoms with van der Waals surface area (Å²) in [4.78, 5) is 57.3. The lowest BCUT2D eigenvalue weighted by Crippen LogP contribution is -2.24. The minimum atomic E-state index is -0.495. The summed E-state index contributed by atoms with van der Waals surface area (Å²) < 4.78 is 0. The third-order valence-electron chi connectivity index (χ3n) is 8.14. The fourth-order valence-corrected chi connectivity index (χ4v) is 5.88. The van der Waals surface area contributed by atoms with E-state index in [1.165, 1.54) is 12.1 Å².